The molecular formula is C15H20BrN3O. The second-order valence-electron chi connectivity index (χ2n) is 5.13. The fraction of sp³-hybridized carbons (Fsp3) is 0.533. The molecule has 20 heavy (non-hydrogen) atoms. The van der Waals surface area contributed by atoms with Crippen molar-refractivity contribution in [2.75, 3.05) is 25.1 Å². The van der Waals surface area contributed by atoms with Crippen LogP contribution in [0.5, 0.6) is 0 Å². The Morgan fingerprint density at radius 1 is 1.40 bits per heavy atom. The highest BCUT2D eigenvalue weighted by Gasteiger charge is 2.23. The SMILES string of the molecule is CCn1nc(CN2CCOCC2CBr)c2ccccc21. The Kier molecular flexibility index (Phi) is 4.38. The molecule has 0 N–H and O–H groups in total. The molecule has 1 aromatic carbocycles. The highest BCUT2D eigenvalue weighted by molar-refractivity contribution is 9.09. The molecule has 0 spiro atoms. The number of fused-ring (bicyclic) bond motifs is 1. The minimum atomic E-state index is 0.439. The van der Waals surface area contributed by atoms with Crippen LogP contribution < -0.4 is 0 Å². The smallest absolute Gasteiger partial charge is 0.0843 e. The molecular weight excluding hydrogens is 318 g/mol. The third-order valence-electron chi connectivity index (χ3n) is 3.91. The number of halogens is 1. The summed E-state index contributed by atoms with van der Waals surface area (Å²) in [6.45, 7) is 6.54. The Morgan fingerprint density at radius 3 is 3.05 bits per heavy atom. The summed E-state index contributed by atoms with van der Waals surface area (Å²) in [6, 6.07) is 8.93. The van der Waals surface area contributed by atoms with Gasteiger partial charge in [-0.15, -0.1) is 0 Å². The van der Waals surface area contributed by atoms with E-state index in [1.807, 2.05) is 0 Å². The van der Waals surface area contributed by atoms with Crippen molar-refractivity contribution < 1.29 is 4.74 Å². The van der Waals surface area contributed by atoms with E-state index in [0.29, 0.717) is 6.04 Å². The van der Waals surface area contributed by atoms with Crippen LogP contribution in [0, 0.1) is 0 Å². The van der Waals surface area contributed by atoms with Crippen molar-refractivity contribution in [3.8, 4) is 0 Å². The van der Waals surface area contributed by atoms with Crippen LogP contribution in [0.15, 0.2) is 24.3 Å². The van der Waals surface area contributed by atoms with Crippen molar-refractivity contribution in [1.82, 2.24) is 14.7 Å². The highest BCUT2D eigenvalue weighted by Crippen LogP contribution is 2.21. The molecule has 2 aromatic rings. The number of alkyl halides is 1. The number of morpholine rings is 1. The summed E-state index contributed by atoms with van der Waals surface area (Å²) in [5, 5.41) is 7.01. The Morgan fingerprint density at radius 2 is 2.25 bits per heavy atom. The molecule has 1 aromatic heterocycles. The Hall–Kier alpha value is -0.910. The Labute approximate surface area is 127 Å². The molecule has 2 heterocycles. The number of benzene rings is 1. The number of para-hydroxylation sites is 1. The van der Waals surface area contributed by atoms with E-state index in [4.69, 9.17) is 9.84 Å². The lowest BCUT2D eigenvalue weighted by Gasteiger charge is -2.34. The lowest BCUT2D eigenvalue weighted by atomic mass is 10.1. The predicted octanol–water partition coefficient (Wildman–Crippen LogP) is 2.65. The molecule has 0 saturated carbocycles. The summed E-state index contributed by atoms with van der Waals surface area (Å²) in [4.78, 5) is 2.47. The number of nitrogens with zero attached hydrogens (tertiary/aromatic N) is 3. The Bertz CT molecular complexity index is 584. The molecule has 5 heteroatoms. The lowest BCUT2D eigenvalue weighted by molar-refractivity contribution is -0.00256. The van der Waals surface area contributed by atoms with E-state index in [2.05, 4.69) is 56.7 Å². The van der Waals surface area contributed by atoms with Crippen LogP contribution in [-0.2, 0) is 17.8 Å². The van der Waals surface area contributed by atoms with Crippen molar-refractivity contribution >= 4 is 26.8 Å². The summed E-state index contributed by atoms with van der Waals surface area (Å²) in [5.74, 6) is 0. The number of aryl methyl sites for hydroxylation is 1. The van der Waals surface area contributed by atoms with Crippen LogP contribution in [0.4, 0.5) is 0 Å². The number of rotatable bonds is 4. The molecule has 0 aliphatic carbocycles. The maximum atomic E-state index is 5.56. The lowest BCUT2D eigenvalue weighted by Crippen LogP contribution is -2.45. The zero-order chi connectivity index (χ0) is 13.9. The maximum absolute atomic E-state index is 5.56. The van der Waals surface area contributed by atoms with Gasteiger partial charge in [-0.25, -0.2) is 0 Å². The van der Waals surface area contributed by atoms with Gasteiger partial charge in [0.05, 0.1) is 24.4 Å². The van der Waals surface area contributed by atoms with E-state index in [1.165, 1.54) is 16.6 Å². The number of aromatic nitrogens is 2. The average molecular weight is 338 g/mol. The van der Waals surface area contributed by atoms with E-state index >= 15 is 0 Å². The largest absolute Gasteiger partial charge is 0.378 e. The minimum Gasteiger partial charge on any atom is -0.378 e. The quantitative estimate of drug-likeness (QED) is 0.803. The van der Waals surface area contributed by atoms with Crippen molar-refractivity contribution in [3.05, 3.63) is 30.0 Å². The molecule has 108 valence electrons. The van der Waals surface area contributed by atoms with Gasteiger partial charge in [-0.3, -0.25) is 9.58 Å². The van der Waals surface area contributed by atoms with Gasteiger partial charge in [0, 0.05) is 36.4 Å². The monoisotopic (exact) mass is 337 g/mol. The normalized spacial score (nSPS) is 20.6. The molecule has 1 atom stereocenters. The molecule has 1 aliphatic rings. The van der Waals surface area contributed by atoms with Crippen LogP contribution in [0.25, 0.3) is 10.9 Å². The first-order valence-corrected chi connectivity index (χ1v) is 8.27. The van der Waals surface area contributed by atoms with Gasteiger partial charge < -0.3 is 4.74 Å². The van der Waals surface area contributed by atoms with Gasteiger partial charge in [0.2, 0.25) is 0 Å². The average Bonchev–Trinajstić information content (AvgIpc) is 2.86. The minimum absolute atomic E-state index is 0.439. The van der Waals surface area contributed by atoms with Gasteiger partial charge in [-0.05, 0) is 13.0 Å². The first-order chi connectivity index (χ1) is 9.83. The van der Waals surface area contributed by atoms with E-state index in [9.17, 15) is 0 Å². The number of hydrogen-bond donors (Lipinski definition) is 0. The van der Waals surface area contributed by atoms with E-state index in [-0.39, 0.29) is 0 Å². The van der Waals surface area contributed by atoms with Gasteiger partial charge in [0.1, 0.15) is 0 Å². The molecule has 0 amide bonds. The molecule has 4 nitrogen and oxygen atoms in total. The maximum Gasteiger partial charge on any atom is 0.0843 e. The summed E-state index contributed by atoms with van der Waals surface area (Å²) >= 11 is 3.59. The second-order valence-corrected chi connectivity index (χ2v) is 5.78. The molecule has 0 bridgehead atoms. The van der Waals surface area contributed by atoms with Crippen molar-refractivity contribution in [2.45, 2.75) is 26.1 Å². The second kappa shape index (κ2) is 6.24. The van der Waals surface area contributed by atoms with Crippen molar-refractivity contribution in [3.63, 3.8) is 0 Å². The van der Waals surface area contributed by atoms with Gasteiger partial charge in [-0.2, -0.15) is 5.10 Å². The van der Waals surface area contributed by atoms with Crippen molar-refractivity contribution in [2.24, 2.45) is 0 Å². The summed E-state index contributed by atoms with van der Waals surface area (Å²) in [6.07, 6.45) is 0. The van der Waals surface area contributed by atoms with E-state index in [0.717, 1.165) is 38.2 Å². The van der Waals surface area contributed by atoms with Crippen LogP contribution in [0.1, 0.15) is 12.6 Å². The predicted molar refractivity (Wildman–Crippen MR) is 84.2 cm³/mol. The first-order valence-electron chi connectivity index (χ1n) is 7.15. The van der Waals surface area contributed by atoms with Crippen LogP contribution in [-0.4, -0.2) is 45.8 Å². The topological polar surface area (TPSA) is 30.3 Å². The van der Waals surface area contributed by atoms with Gasteiger partial charge in [-0.1, -0.05) is 34.1 Å². The molecule has 0 radical (unpaired) electrons. The standard InChI is InChI=1S/C15H20BrN3O/c1-2-19-15-6-4-3-5-13(15)14(17-19)10-18-7-8-20-11-12(18)9-16/h3-6,12H,2,7-11H2,1H3. The summed E-state index contributed by atoms with van der Waals surface area (Å²) in [7, 11) is 0. The van der Waals surface area contributed by atoms with E-state index in [1.54, 1.807) is 0 Å². The first kappa shape index (κ1) is 14.0. The van der Waals surface area contributed by atoms with Crippen LogP contribution in [0.2, 0.25) is 0 Å². The molecule has 3 rings (SSSR count). The third kappa shape index (κ3) is 2.62. The highest BCUT2D eigenvalue weighted by atomic mass is 79.9. The fourth-order valence-electron chi connectivity index (χ4n) is 2.79. The van der Waals surface area contributed by atoms with Gasteiger partial charge >= 0.3 is 0 Å². The number of ether oxygens (including phenoxy) is 1. The molecule has 1 aliphatic heterocycles. The number of hydrogen-bond acceptors (Lipinski definition) is 3. The summed E-state index contributed by atoms with van der Waals surface area (Å²) < 4.78 is 7.65. The van der Waals surface area contributed by atoms with Gasteiger partial charge in [0.25, 0.3) is 0 Å². The fourth-order valence-corrected chi connectivity index (χ4v) is 3.38. The summed E-state index contributed by atoms with van der Waals surface area (Å²) in [5.41, 5.74) is 2.41. The molecule has 1 unspecified atom stereocenters. The third-order valence-corrected chi connectivity index (χ3v) is 4.66. The van der Waals surface area contributed by atoms with E-state index < -0.39 is 0 Å². The van der Waals surface area contributed by atoms with Crippen molar-refractivity contribution in [1.29, 1.82) is 0 Å². The van der Waals surface area contributed by atoms with Crippen LogP contribution >= 0.6 is 15.9 Å². The molecule has 1 fully saturated rings. The molecule has 1 saturated heterocycles. The van der Waals surface area contributed by atoms with Gasteiger partial charge in [0.15, 0.2) is 0 Å². The zero-order valence-electron chi connectivity index (χ0n) is 11.8. The van der Waals surface area contributed by atoms with Crippen LogP contribution in [0.3, 0.4) is 0 Å². The Balaban J connectivity index is 1.90. The zero-order valence-corrected chi connectivity index (χ0v) is 13.3.